The summed E-state index contributed by atoms with van der Waals surface area (Å²) in [6.07, 6.45) is 7.73. The molecule has 1 aromatic heterocycles. The molecule has 1 fully saturated rings. The van der Waals surface area contributed by atoms with Crippen LogP contribution in [0.2, 0.25) is 0 Å². The van der Waals surface area contributed by atoms with E-state index in [1.54, 1.807) is 6.20 Å². The molecule has 0 amide bonds. The molecule has 1 N–H and O–H groups in total. The Hall–Kier alpha value is -1.30. The van der Waals surface area contributed by atoms with Crippen molar-refractivity contribution in [1.29, 1.82) is 0 Å². The van der Waals surface area contributed by atoms with Gasteiger partial charge in [0, 0.05) is 18.8 Å². The maximum atomic E-state index is 11.4. The van der Waals surface area contributed by atoms with E-state index in [-0.39, 0.29) is 16.7 Å². The second-order valence-corrected chi connectivity index (χ2v) is 6.36. The van der Waals surface area contributed by atoms with Crippen molar-refractivity contribution in [1.82, 2.24) is 9.55 Å². The number of thioether (sulfide) groups is 1. The lowest BCUT2D eigenvalue weighted by Gasteiger charge is -2.29. The summed E-state index contributed by atoms with van der Waals surface area (Å²) >= 11 is 1.11. The van der Waals surface area contributed by atoms with E-state index in [0.717, 1.165) is 24.7 Å². The summed E-state index contributed by atoms with van der Waals surface area (Å²) in [5.74, 6) is -0.971. The van der Waals surface area contributed by atoms with Gasteiger partial charge < -0.3 is 9.67 Å². The van der Waals surface area contributed by atoms with Crippen LogP contribution in [0.1, 0.15) is 39.0 Å². The van der Waals surface area contributed by atoms with E-state index >= 15 is 0 Å². The van der Waals surface area contributed by atoms with E-state index in [9.17, 15) is 9.59 Å². The summed E-state index contributed by atoms with van der Waals surface area (Å²) in [5, 5.41) is 9.29. The molecule has 6 heteroatoms. The van der Waals surface area contributed by atoms with Gasteiger partial charge in [0.15, 0.2) is 5.16 Å². The normalized spacial score (nSPS) is 17.2. The largest absolute Gasteiger partial charge is 0.481 e. The van der Waals surface area contributed by atoms with Crippen molar-refractivity contribution in [3.63, 3.8) is 0 Å². The van der Waals surface area contributed by atoms with Crippen molar-refractivity contribution in [2.24, 2.45) is 5.41 Å². The lowest BCUT2D eigenvalue weighted by molar-refractivity contribution is -0.133. The SMILES string of the molecule is CCC1(Cn2ccc(=O)nc2SCC(=O)O)CCCC1. The maximum Gasteiger partial charge on any atom is 0.313 e. The van der Waals surface area contributed by atoms with Gasteiger partial charge in [-0.25, -0.2) is 0 Å². The number of nitrogens with zero attached hydrogens (tertiary/aromatic N) is 2. The smallest absolute Gasteiger partial charge is 0.313 e. The third-order valence-corrected chi connectivity index (χ3v) is 5.07. The fourth-order valence-electron chi connectivity index (χ4n) is 2.88. The van der Waals surface area contributed by atoms with Gasteiger partial charge in [-0.15, -0.1) is 0 Å². The molecule has 2 rings (SSSR count). The Morgan fingerprint density at radius 1 is 1.50 bits per heavy atom. The van der Waals surface area contributed by atoms with Gasteiger partial charge in [-0.3, -0.25) is 9.59 Å². The third kappa shape index (κ3) is 3.62. The molecule has 0 spiro atoms. The Kier molecular flexibility index (Phi) is 4.86. The third-order valence-electron chi connectivity index (χ3n) is 4.09. The first-order chi connectivity index (χ1) is 9.54. The van der Waals surface area contributed by atoms with E-state index in [2.05, 4.69) is 11.9 Å². The van der Waals surface area contributed by atoms with Crippen LogP contribution in [-0.4, -0.2) is 26.4 Å². The van der Waals surface area contributed by atoms with E-state index < -0.39 is 5.97 Å². The number of aromatic nitrogens is 2. The number of hydrogen-bond donors (Lipinski definition) is 1. The molecule has 0 bridgehead atoms. The number of rotatable bonds is 6. The number of carbonyl (C=O) groups is 1. The maximum absolute atomic E-state index is 11.4. The highest BCUT2D eigenvalue weighted by atomic mass is 32.2. The van der Waals surface area contributed by atoms with E-state index in [1.807, 2.05) is 4.57 Å². The molecule has 110 valence electrons. The molecule has 0 radical (unpaired) electrons. The Bertz CT molecular complexity index is 535. The number of carboxylic acids is 1. The summed E-state index contributed by atoms with van der Waals surface area (Å²) in [6, 6.07) is 1.45. The molecule has 1 aliphatic rings. The summed E-state index contributed by atoms with van der Waals surface area (Å²) in [5.41, 5.74) is -0.0407. The molecule has 1 aromatic rings. The van der Waals surface area contributed by atoms with Crippen LogP contribution >= 0.6 is 11.8 Å². The van der Waals surface area contributed by atoms with Crippen LogP contribution in [0.15, 0.2) is 22.2 Å². The van der Waals surface area contributed by atoms with Crippen molar-refractivity contribution in [2.45, 2.75) is 50.7 Å². The predicted molar refractivity (Wildman–Crippen MR) is 78.0 cm³/mol. The molecule has 1 saturated carbocycles. The van der Waals surface area contributed by atoms with Crippen LogP contribution in [0, 0.1) is 5.41 Å². The number of carboxylic acid groups (broad SMARTS) is 1. The highest BCUT2D eigenvalue weighted by molar-refractivity contribution is 7.99. The van der Waals surface area contributed by atoms with Crippen LogP contribution in [-0.2, 0) is 11.3 Å². The van der Waals surface area contributed by atoms with Crippen molar-refractivity contribution >= 4 is 17.7 Å². The minimum Gasteiger partial charge on any atom is -0.481 e. The van der Waals surface area contributed by atoms with Crippen molar-refractivity contribution in [3.05, 3.63) is 22.6 Å². The second kappa shape index (κ2) is 6.43. The van der Waals surface area contributed by atoms with Gasteiger partial charge in [-0.1, -0.05) is 31.5 Å². The van der Waals surface area contributed by atoms with E-state index in [4.69, 9.17) is 5.11 Å². The average Bonchev–Trinajstić information content (AvgIpc) is 2.88. The molecule has 1 aliphatic carbocycles. The monoisotopic (exact) mass is 296 g/mol. The fourth-order valence-corrected chi connectivity index (χ4v) is 3.58. The van der Waals surface area contributed by atoms with Crippen LogP contribution in [0.3, 0.4) is 0 Å². The van der Waals surface area contributed by atoms with Gasteiger partial charge in [0.25, 0.3) is 5.56 Å². The lowest BCUT2D eigenvalue weighted by atomic mass is 9.83. The molecule has 0 aliphatic heterocycles. The highest BCUT2D eigenvalue weighted by Crippen LogP contribution is 2.42. The summed E-state index contributed by atoms with van der Waals surface area (Å²) < 4.78 is 1.95. The number of hydrogen-bond acceptors (Lipinski definition) is 4. The molecule has 1 heterocycles. The standard InChI is InChI=1S/C14H20N2O3S/c1-2-14(6-3-4-7-14)10-16-8-5-11(17)15-13(16)20-9-12(18)19/h5,8H,2-4,6-7,9-10H2,1H3,(H,18,19). The Labute approximate surface area is 122 Å². The Balaban J connectivity index is 2.21. The van der Waals surface area contributed by atoms with Crippen LogP contribution < -0.4 is 5.56 Å². The quantitative estimate of drug-likeness (QED) is 0.644. The minimum atomic E-state index is -0.897. The summed E-state index contributed by atoms with van der Waals surface area (Å²) in [7, 11) is 0. The van der Waals surface area contributed by atoms with Gasteiger partial charge in [0.05, 0.1) is 5.75 Å². The molecule has 0 atom stereocenters. The number of aliphatic carboxylic acids is 1. The summed E-state index contributed by atoms with van der Waals surface area (Å²) in [4.78, 5) is 26.0. The van der Waals surface area contributed by atoms with Gasteiger partial charge in [-0.05, 0) is 24.7 Å². The van der Waals surface area contributed by atoms with Crippen LogP contribution in [0.5, 0.6) is 0 Å². The molecular weight excluding hydrogens is 276 g/mol. The van der Waals surface area contributed by atoms with Crippen molar-refractivity contribution in [2.75, 3.05) is 5.75 Å². The van der Waals surface area contributed by atoms with Gasteiger partial charge in [0.2, 0.25) is 0 Å². The van der Waals surface area contributed by atoms with Crippen molar-refractivity contribution < 1.29 is 9.90 Å². The first-order valence-electron chi connectivity index (χ1n) is 6.97. The van der Waals surface area contributed by atoms with E-state index in [0.29, 0.717) is 5.16 Å². The van der Waals surface area contributed by atoms with Crippen molar-refractivity contribution in [3.8, 4) is 0 Å². The Morgan fingerprint density at radius 3 is 2.80 bits per heavy atom. The Morgan fingerprint density at radius 2 is 2.20 bits per heavy atom. The fraction of sp³-hybridized carbons (Fsp3) is 0.643. The molecule has 0 aromatic carbocycles. The first-order valence-corrected chi connectivity index (χ1v) is 7.95. The van der Waals surface area contributed by atoms with E-state index in [1.165, 1.54) is 31.7 Å². The zero-order chi connectivity index (χ0) is 14.6. The average molecular weight is 296 g/mol. The molecule has 20 heavy (non-hydrogen) atoms. The zero-order valence-corrected chi connectivity index (χ0v) is 12.5. The first kappa shape index (κ1) is 15.1. The molecule has 0 saturated heterocycles. The van der Waals surface area contributed by atoms with Gasteiger partial charge in [-0.2, -0.15) is 4.98 Å². The van der Waals surface area contributed by atoms with Crippen LogP contribution in [0.25, 0.3) is 0 Å². The highest BCUT2D eigenvalue weighted by Gasteiger charge is 2.32. The van der Waals surface area contributed by atoms with Gasteiger partial charge in [0.1, 0.15) is 0 Å². The van der Waals surface area contributed by atoms with Gasteiger partial charge >= 0.3 is 5.97 Å². The second-order valence-electron chi connectivity index (χ2n) is 5.42. The molecule has 0 unspecified atom stereocenters. The molecule has 5 nitrogen and oxygen atoms in total. The topological polar surface area (TPSA) is 72.2 Å². The lowest BCUT2D eigenvalue weighted by Crippen LogP contribution is -2.25. The van der Waals surface area contributed by atoms with Crippen LogP contribution in [0.4, 0.5) is 0 Å². The zero-order valence-electron chi connectivity index (χ0n) is 11.7. The predicted octanol–water partition coefficient (Wildman–Crippen LogP) is 2.39. The summed E-state index contributed by atoms with van der Waals surface area (Å²) in [6.45, 7) is 3.02. The molecular formula is C14H20N2O3S. The minimum absolute atomic E-state index is 0.0738.